The van der Waals surface area contributed by atoms with Crippen molar-refractivity contribution in [3.8, 4) is 11.5 Å². The Morgan fingerprint density at radius 3 is 2.78 bits per heavy atom. The molecule has 2 N–H and O–H groups in total. The Morgan fingerprint density at radius 2 is 2.11 bits per heavy atom. The summed E-state index contributed by atoms with van der Waals surface area (Å²) in [6.45, 7) is 3.67. The Balaban J connectivity index is 1.61. The molecule has 27 heavy (non-hydrogen) atoms. The van der Waals surface area contributed by atoms with Gasteiger partial charge in [-0.2, -0.15) is 0 Å². The highest BCUT2D eigenvalue weighted by Crippen LogP contribution is 2.33. The average Bonchev–Trinajstić information content (AvgIpc) is 3.22. The van der Waals surface area contributed by atoms with Gasteiger partial charge in [-0.3, -0.25) is 4.90 Å². The van der Waals surface area contributed by atoms with E-state index in [9.17, 15) is 5.11 Å². The first-order valence-corrected chi connectivity index (χ1v) is 9.47. The molecule has 1 atom stereocenters. The molecule has 1 fully saturated rings. The van der Waals surface area contributed by atoms with Crippen molar-refractivity contribution >= 4 is 0 Å². The number of ether oxygens (including phenoxy) is 2. The number of hydrogen-bond acceptors (Lipinski definition) is 6. The van der Waals surface area contributed by atoms with Crippen LogP contribution in [-0.2, 0) is 13.1 Å². The first-order valence-electron chi connectivity index (χ1n) is 9.47. The van der Waals surface area contributed by atoms with Gasteiger partial charge in [0, 0.05) is 24.5 Å². The molecule has 1 aromatic heterocycles. The van der Waals surface area contributed by atoms with E-state index < -0.39 is 6.10 Å². The van der Waals surface area contributed by atoms with Crippen LogP contribution in [0.5, 0.6) is 11.5 Å². The normalized spacial score (nSPS) is 17.0. The first kappa shape index (κ1) is 19.7. The Labute approximate surface area is 160 Å². The third-order valence-corrected chi connectivity index (χ3v) is 5.19. The van der Waals surface area contributed by atoms with E-state index in [1.807, 2.05) is 22.9 Å². The van der Waals surface area contributed by atoms with Gasteiger partial charge in [-0.05, 0) is 37.9 Å². The molecule has 0 spiro atoms. The molecule has 1 aliphatic rings. The zero-order chi connectivity index (χ0) is 19.1. The van der Waals surface area contributed by atoms with E-state index in [2.05, 4.69) is 16.0 Å². The summed E-state index contributed by atoms with van der Waals surface area (Å²) in [4.78, 5) is 6.40. The van der Waals surface area contributed by atoms with Crippen molar-refractivity contribution in [2.75, 3.05) is 33.4 Å². The Bertz CT molecular complexity index is 685. The smallest absolute Gasteiger partial charge is 0.165 e. The van der Waals surface area contributed by atoms with E-state index in [4.69, 9.17) is 14.6 Å². The highest BCUT2D eigenvalue weighted by atomic mass is 16.5. The Morgan fingerprint density at radius 1 is 1.30 bits per heavy atom. The molecular formula is C20H29N3O4. The quantitative estimate of drug-likeness (QED) is 0.692. The number of piperidine rings is 1. The molecule has 148 valence electrons. The predicted octanol–water partition coefficient (Wildman–Crippen LogP) is 1.54. The lowest BCUT2D eigenvalue weighted by atomic mass is 9.91. The van der Waals surface area contributed by atoms with E-state index in [1.54, 1.807) is 19.6 Å². The molecule has 0 saturated carbocycles. The number of imidazole rings is 1. The van der Waals surface area contributed by atoms with Gasteiger partial charge >= 0.3 is 0 Å². The van der Waals surface area contributed by atoms with E-state index in [-0.39, 0.29) is 12.5 Å². The molecule has 1 aromatic carbocycles. The van der Waals surface area contributed by atoms with Crippen molar-refractivity contribution in [2.24, 2.45) is 5.92 Å². The van der Waals surface area contributed by atoms with Crippen LogP contribution in [0.15, 0.2) is 36.9 Å². The summed E-state index contributed by atoms with van der Waals surface area (Å²) in [5.41, 5.74) is 1.10. The van der Waals surface area contributed by atoms with Crippen molar-refractivity contribution in [1.82, 2.24) is 14.5 Å². The lowest BCUT2D eigenvalue weighted by Gasteiger charge is -2.34. The number of hydrogen-bond donors (Lipinski definition) is 2. The fourth-order valence-corrected chi connectivity index (χ4v) is 3.57. The van der Waals surface area contributed by atoms with Crippen molar-refractivity contribution in [1.29, 1.82) is 0 Å². The lowest BCUT2D eigenvalue weighted by molar-refractivity contribution is 0.0170. The maximum Gasteiger partial charge on any atom is 0.165 e. The van der Waals surface area contributed by atoms with Gasteiger partial charge in [-0.15, -0.1) is 0 Å². The van der Waals surface area contributed by atoms with Gasteiger partial charge in [0.05, 0.1) is 32.7 Å². The first-order chi connectivity index (χ1) is 13.2. The summed E-state index contributed by atoms with van der Waals surface area (Å²) in [7, 11) is 1.66. The lowest BCUT2D eigenvalue weighted by Crippen LogP contribution is -2.38. The fraction of sp³-hybridized carbons (Fsp3) is 0.550. The van der Waals surface area contributed by atoms with Crippen LogP contribution in [0.3, 0.4) is 0 Å². The third kappa shape index (κ3) is 5.22. The Hall–Kier alpha value is -2.09. The number of rotatable bonds is 9. The maximum atomic E-state index is 9.84. The van der Waals surface area contributed by atoms with Crippen LogP contribution < -0.4 is 9.47 Å². The van der Waals surface area contributed by atoms with Crippen LogP contribution in [0.2, 0.25) is 0 Å². The average molecular weight is 375 g/mol. The van der Waals surface area contributed by atoms with Crippen LogP contribution >= 0.6 is 0 Å². The maximum absolute atomic E-state index is 9.84. The molecule has 7 nitrogen and oxygen atoms in total. The summed E-state index contributed by atoms with van der Waals surface area (Å²) in [6.07, 6.45) is 6.62. The fourth-order valence-electron chi connectivity index (χ4n) is 3.57. The molecule has 3 rings (SSSR count). The summed E-state index contributed by atoms with van der Waals surface area (Å²) in [5.74, 6) is 1.71. The van der Waals surface area contributed by atoms with E-state index >= 15 is 0 Å². The number of aliphatic hydroxyl groups excluding tert-OH is 2. The zero-order valence-electron chi connectivity index (χ0n) is 15.8. The Kier molecular flexibility index (Phi) is 7.09. The molecule has 0 bridgehead atoms. The van der Waals surface area contributed by atoms with Crippen molar-refractivity contribution in [3.63, 3.8) is 0 Å². The van der Waals surface area contributed by atoms with Crippen LogP contribution in [0.4, 0.5) is 0 Å². The number of nitrogens with zero attached hydrogens (tertiary/aromatic N) is 3. The van der Waals surface area contributed by atoms with E-state index in [0.717, 1.165) is 56.1 Å². The minimum absolute atomic E-state index is 0.157. The molecule has 0 radical (unpaired) electrons. The summed E-state index contributed by atoms with van der Waals surface area (Å²) in [5, 5.41) is 19.0. The standard InChI is InChI=1S/C20H29N3O4/c1-26-19-4-2-3-17(20(19)27-12-11-23-10-7-21-15-23)13-22-8-5-16(6-9-22)18(25)14-24/h2-4,7,10,15-16,18,24-25H,5-6,8-9,11-14H2,1H3. The van der Waals surface area contributed by atoms with Crippen LogP contribution in [0.1, 0.15) is 18.4 Å². The van der Waals surface area contributed by atoms with Gasteiger partial charge in [0.15, 0.2) is 11.5 Å². The van der Waals surface area contributed by atoms with Gasteiger partial charge in [0.2, 0.25) is 0 Å². The number of benzene rings is 1. The summed E-state index contributed by atoms with van der Waals surface area (Å²) in [6, 6.07) is 5.97. The highest BCUT2D eigenvalue weighted by Gasteiger charge is 2.25. The molecule has 1 aliphatic heterocycles. The van der Waals surface area contributed by atoms with Crippen LogP contribution in [-0.4, -0.2) is 64.2 Å². The molecule has 1 saturated heterocycles. The van der Waals surface area contributed by atoms with Gasteiger partial charge in [0.25, 0.3) is 0 Å². The SMILES string of the molecule is COc1cccc(CN2CCC(C(O)CO)CC2)c1OCCn1ccnc1. The predicted molar refractivity (Wildman–Crippen MR) is 102 cm³/mol. The van der Waals surface area contributed by atoms with Crippen molar-refractivity contribution in [2.45, 2.75) is 32.0 Å². The molecule has 1 unspecified atom stereocenters. The van der Waals surface area contributed by atoms with Crippen molar-refractivity contribution < 1.29 is 19.7 Å². The second kappa shape index (κ2) is 9.73. The number of likely N-dealkylation sites (tertiary alicyclic amines) is 1. The van der Waals surface area contributed by atoms with Gasteiger partial charge in [0.1, 0.15) is 6.61 Å². The molecule has 0 aliphatic carbocycles. The van der Waals surface area contributed by atoms with E-state index in [1.165, 1.54) is 0 Å². The highest BCUT2D eigenvalue weighted by molar-refractivity contribution is 5.46. The number of para-hydroxylation sites is 1. The second-order valence-electron chi connectivity index (χ2n) is 6.96. The van der Waals surface area contributed by atoms with E-state index in [0.29, 0.717) is 6.61 Å². The van der Waals surface area contributed by atoms with Gasteiger partial charge < -0.3 is 24.3 Å². The molecule has 2 aromatic rings. The summed E-state index contributed by atoms with van der Waals surface area (Å²) >= 11 is 0. The minimum Gasteiger partial charge on any atom is -0.493 e. The second-order valence-corrected chi connectivity index (χ2v) is 6.96. The molecule has 7 heteroatoms. The van der Waals surface area contributed by atoms with Gasteiger partial charge in [-0.25, -0.2) is 4.98 Å². The zero-order valence-corrected chi connectivity index (χ0v) is 15.8. The summed E-state index contributed by atoms with van der Waals surface area (Å²) < 4.78 is 13.6. The molecule has 0 amide bonds. The number of aliphatic hydroxyl groups is 2. The van der Waals surface area contributed by atoms with Crippen molar-refractivity contribution in [3.05, 3.63) is 42.5 Å². The largest absolute Gasteiger partial charge is 0.493 e. The van der Waals surface area contributed by atoms with Crippen LogP contribution in [0, 0.1) is 5.92 Å². The third-order valence-electron chi connectivity index (χ3n) is 5.19. The monoisotopic (exact) mass is 375 g/mol. The van der Waals surface area contributed by atoms with Crippen LogP contribution in [0.25, 0.3) is 0 Å². The molecular weight excluding hydrogens is 346 g/mol. The minimum atomic E-state index is -0.606. The van der Waals surface area contributed by atoms with Gasteiger partial charge in [-0.1, -0.05) is 12.1 Å². The number of aromatic nitrogens is 2. The topological polar surface area (TPSA) is 80.0 Å². The molecule has 2 heterocycles. The number of methoxy groups -OCH3 is 1.